The first kappa shape index (κ1) is 19.9. The Hall–Kier alpha value is -2.44. The van der Waals surface area contributed by atoms with Gasteiger partial charge in [0.2, 0.25) is 0 Å². The zero-order valence-corrected chi connectivity index (χ0v) is 15.5. The number of benzene rings is 1. The van der Waals surface area contributed by atoms with Gasteiger partial charge in [0.15, 0.2) is 23.2 Å². The molecule has 0 saturated carbocycles. The highest BCUT2D eigenvalue weighted by atomic mass is 35.5. The lowest BCUT2D eigenvalue weighted by Gasteiger charge is -2.16. The van der Waals surface area contributed by atoms with Gasteiger partial charge in [0, 0.05) is 12.1 Å². The molecule has 1 saturated heterocycles. The molecular weight excluding hydrogens is 412 g/mol. The largest absolute Gasteiger partial charge is 0.394 e. The van der Waals surface area contributed by atoms with Gasteiger partial charge >= 0.3 is 0 Å². The predicted octanol–water partition coefficient (Wildman–Crippen LogP) is 0.981. The van der Waals surface area contributed by atoms with Crippen molar-refractivity contribution in [3.8, 4) is 0 Å². The van der Waals surface area contributed by atoms with Crippen molar-refractivity contribution in [3.63, 3.8) is 0 Å². The van der Waals surface area contributed by atoms with Crippen molar-refractivity contribution in [1.82, 2.24) is 19.5 Å². The topological polar surface area (TPSA) is 126 Å². The van der Waals surface area contributed by atoms with Crippen LogP contribution in [0.15, 0.2) is 24.8 Å². The number of anilines is 1. The van der Waals surface area contributed by atoms with Crippen LogP contribution in [0.1, 0.15) is 11.8 Å². The molecule has 3 heterocycles. The summed E-state index contributed by atoms with van der Waals surface area (Å²) in [6.07, 6.45) is -2.01. The summed E-state index contributed by atoms with van der Waals surface area (Å²) in [5.74, 6) is -1.20. The fourth-order valence-corrected chi connectivity index (χ4v) is 3.40. The summed E-state index contributed by atoms with van der Waals surface area (Å²) >= 11 is 5.83. The third-order valence-corrected chi connectivity index (χ3v) is 5.13. The molecule has 0 radical (unpaired) electrons. The summed E-state index contributed by atoms with van der Waals surface area (Å²) in [5.41, 5.74) is 0.475. The summed E-state index contributed by atoms with van der Waals surface area (Å²) in [7, 11) is 0. The van der Waals surface area contributed by atoms with Crippen molar-refractivity contribution in [2.24, 2.45) is 0 Å². The molecule has 4 rings (SSSR count). The van der Waals surface area contributed by atoms with Gasteiger partial charge in [-0.3, -0.25) is 4.57 Å². The molecule has 2 aromatic heterocycles. The standard InChI is InChI=1S/C17H16ClF2N5O4/c18-11-7(8(19)1-2-9(11)20)3-21-15-12-16(23-5-22-15)25(6-24-12)17-14(28)13(27)10(4-26)29-17/h1-2,5-6,10,13-14,17,26-28H,3-4H2,(H,21,22,23)/t10-,13-,14-,17-/m1/s1. The van der Waals surface area contributed by atoms with E-state index < -0.39 is 42.8 Å². The van der Waals surface area contributed by atoms with Crippen LogP contribution in [0.4, 0.5) is 14.6 Å². The van der Waals surface area contributed by atoms with Crippen molar-refractivity contribution < 1.29 is 28.8 Å². The molecule has 1 aliphatic rings. The number of imidazole rings is 1. The van der Waals surface area contributed by atoms with Crippen LogP contribution < -0.4 is 5.32 Å². The number of nitrogens with zero attached hydrogens (tertiary/aromatic N) is 4. The van der Waals surface area contributed by atoms with Crippen molar-refractivity contribution in [3.05, 3.63) is 47.0 Å². The number of aromatic nitrogens is 4. The summed E-state index contributed by atoms with van der Waals surface area (Å²) < 4.78 is 34.4. The fraction of sp³-hybridized carbons (Fsp3) is 0.353. The number of nitrogens with one attached hydrogen (secondary N) is 1. The van der Waals surface area contributed by atoms with Crippen LogP contribution in [0.2, 0.25) is 5.02 Å². The molecule has 9 nitrogen and oxygen atoms in total. The van der Waals surface area contributed by atoms with E-state index in [1.54, 1.807) is 0 Å². The summed E-state index contributed by atoms with van der Waals surface area (Å²) in [6.45, 7) is -0.627. The average molecular weight is 428 g/mol. The average Bonchev–Trinajstić information content (AvgIpc) is 3.26. The van der Waals surface area contributed by atoms with E-state index in [0.717, 1.165) is 12.1 Å². The first-order valence-corrected chi connectivity index (χ1v) is 8.96. The van der Waals surface area contributed by atoms with Gasteiger partial charge in [0.25, 0.3) is 0 Å². The molecule has 1 aromatic carbocycles. The lowest BCUT2D eigenvalue weighted by atomic mass is 10.1. The van der Waals surface area contributed by atoms with E-state index in [1.165, 1.54) is 17.2 Å². The molecule has 0 amide bonds. The van der Waals surface area contributed by atoms with Gasteiger partial charge in [-0.1, -0.05) is 11.6 Å². The molecule has 29 heavy (non-hydrogen) atoms. The van der Waals surface area contributed by atoms with Crippen LogP contribution in [0.3, 0.4) is 0 Å². The second-order valence-electron chi connectivity index (χ2n) is 6.45. The second kappa shape index (κ2) is 7.76. The van der Waals surface area contributed by atoms with Crippen molar-refractivity contribution >= 4 is 28.6 Å². The van der Waals surface area contributed by atoms with Gasteiger partial charge < -0.3 is 25.4 Å². The van der Waals surface area contributed by atoms with E-state index in [9.17, 15) is 24.1 Å². The van der Waals surface area contributed by atoms with Crippen LogP contribution in [0, 0.1) is 11.6 Å². The Morgan fingerprint density at radius 3 is 2.62 bits per heavy atom. The summed E-state index contributed by atoms with van der Waals surface area (Å²) in [5, 5.41) is 31.9. The minimum absolute atomic E-state index is 0.0682. The molecule has 3 aromatic rings. The Morgan fingerprint density at radius 1 is 1.14 bits per heavy atom. The lowest BCUT2D eigenvalue weighted by Crippen LogP contribution is -2.33. The van der Waals surface area contributed by atoms with Gasteiger partial charge in [0.05, 0.1) is 18.0 Å². The smallest absolute Gasteiger partial charge is 0.167 e. The van der Waals surface area contributed by atoms with E-state index in [0.29, 0.717) is 0 Å². The molecule has 4 N–H and O–H groups in total. The molecular formula is C17H16ClF2N5O4. The number of hydrogen-bond donors (Lipinski definition) is 4. The quantitative estimate of drug-likeness (QED) is 0.444. The summed E-state index contributed by atoms with van der Waals surface area (Å²) in [6, 6.07) is 1.91. The maximum Gasteiger partial charge on any atom is 0.167 e. The van der Waals surface area contributed by atoms with Crippen LogP contribution in [-0.2, 0) is 11.3 Å². The Labute approximate surface area is 167 Å². The SMILES string of the molecule is OC[C@H]1O[C@@H](n2cnc3c(NCc4c(F)ccc(F)c4Cl)ncnc32)[C@H](O)[C@@H]1O. The van der Waals surface area contributed by atoms with Crippen molar-refractivity contribution in [1.29, 1.82) is 0 Å². The second-order valence-corrected chi connectivity index (χ2v) is 6.83. The molecule has 0 aliphatic carbocycles. The number of ether oxygens (including phenoxy) is 1. The number of rotatable bonds is 5. The number of hydrogen-bond acceptors (Lipinski definition) is 8. The first-order chi connectivity index (χ1) is 13.9. The molecule has 1 fully saturated rings. The highest BCUT2D eigenvalue weighted by molar-refractivity contribution is 6.31. The van der Waals surface area contributed by atoms with Crippen LogP contribution in [0.5, 0.6) is 0 Å². The fourth-order valence-electron chi connectivity index (χ4n) is 3.18. The van der Waals surface area contributed by atoms with Crippen LogP contribution >= 0.6 is 11.6 Å². The Kier molecular flexibility index (Phi) is 5.32. The van der Waals surface area contributed by atoms with Gasteiger partial charge in [-0.15, -0.1) is 0 Å². The van der Waals surface area contributed by atoms with E-state index in [1.807, 2.05) is 0 Å². The van der Waals surface area contributed by atoms with Crippen LogP contribution in [0.25, 0.3) is 11.2 Å². The molecule has 0 bridgehead atoms. The highest BCUT2D eigenvalue weighted by Crippen LogP contribution is 2.32. The number of fused-ring (bicyclic) bond motifs is 1. The number of aliphatic hydroxyl groups is 3. The van der Waals surface area contributed by atoms with Gasteiger partial charge in [-0.2, -0.15) is 0 Å². The zero-order valence-electron chi connectivity index (χ0n) is 14.7. The Balaban J connectivity index is 1.63. The monoisotopic (exact) mass is 427 g/mol. The molecule has 0 spiro atoms. The minimum Gasteiger partial charge on any atom is -0.394 e. The molecule has 12 heteroatoms. The first-order valence-electron chi connectivity index (χ1n) is 8.58. The highest BCUT2D eigenvalue weighted by Gasteiger charge is 2.44. The maximum atomic E-state index is 14.0. The van der Waals surface area contributed by atoms with Crippen LogP contribution in [-0.4, -0.2) is 59.8 Å². The predicted molar refractivity (Wildman–Crippen MR) is 97.0 cm³/mol. The number of halogens is 3. The maximum absolute atomic E-state index is 14.0. The van der Waals surface area contributed by atoms with E-state index in [4.69, 9.17) is 16.3 Å². The van der Waals surface area contributed by atoms with Gasteiger partial charge in [0.1, 0.15) is 36.3 Å². The molecule has 4 atom stereocenters. The molecule has 154 valence electrons. The van der Waals surface area contributed by atoms with Gasteiger partial charge in [-0.25, -0.2) is 23.7 Å². The number of aliphatic hydroxyl groups excluding tert-OH is 3. The molecule has 0 unspecified atom stereocenters. The minimum atomic E-state index is -1.31. The Bertz CT molecular complexity index is 1050. The van der Waals surface area contributed by atoms with Crippen molar-refractivity contribution in [2.45, 2.75) is 31.1 Å². The lowest BCUT2D eigenvalue weighted by molar-refractivity contribution is -0.0511. The van der Waals surface area contributed by atoms with Gasteiger partial charge in [-0.05, 0) is 12.1 Å². The Morgan fingerprint density at radius 2 is 1.90 bits per heavy atom. The van der Waals surface area contributed by atoms with Crippen molar-refractivity contribution in [2.75, 3.05) is 11.9 Å². The van der Waals surface area contributed by atoms with E-state index in [2.05, 4.69) is 20.3 Å². The summed E-state index contributed by atoms with van der Waals surface area (Å²) in [4.78, 5) is 12.4. The third-order valence-electron chi connectivity index (χ3n) is 4.72. The van der Waals surface area contributed by atoms with E-state index >= 15 is 0 Å². The normalized spacial score (nSPS) is 24.3. The zero-order chi connectivity index (χ0) is 20.7. The third kappa shape index (κ3) is 3.40. The van der Waals surface area contributed by atoms with E-state index in [-0.39, 0.29) is 34.1 Å². The molecule has 1 aliphatic heterocycles.